The number of hydrazine groups is 1. The molecule has 0 heterocycles. The maximum Gasteiger partial charge on any atom is 0.276 e. The van der Waals surface area contributed by atoms with Crippen molar-refractivity contribution in [3.63, 3.8) is 0 Å². The Balaban J connectivity index is 1.92. The van der Waals surface area contributed by atoms with Crippen LogP contribution in [0.4, 0.5) is 5.69 Å². The summed E-state index contributed by atoms with van der Waals surface area (Å²) in [5.41, 5.74) is 6.49. The van der Waals surface area contributed by atoms with E-state index >= 15 is 0 Å². The van der Waals surface area contributed by atoms with Crippen molar-refractivity contribution in [1.29, 1.82) is 0 Å². The molecule has 8 nitrogen and oxygen atoms in total. The number of nitrogens with one attached hydrogen (secondary N) is 2. The van der Waals surface area contributed by atoms with Crippen LogP contribution >= 0.6 is 15.9 Å². The fraction of sp³-hybridized carbons (Fsp3) is 0.263. The van der Waals surface area contributed by atoms with Gasteiger partial charge >= 0.3 is 0 Å². The van der Waals surface area contributed by atoms with Crippen molar-refractivity contribution in [2.45, 2.75) is 26.7 Å². The number of nitrogens with zero attached hydrogens (tertiary/aromatic N) is 1. The molecule has 2 aromatic carbocycles. The Kier molecular flexibility index (Phi) is 7.11. The monoisotopic (exact) mass is 449 g/mol. The molecule has 0 unspecified atom stereocenters. The summed E-state index contributed by atoms with van der Waals surface area (Å²) in [6.45, 7) is 5.69. The number of amides is 2. The number of hydrogen-bond donors (Lipinski definition) is 2. The molecular formula is C19H20BrN3O5. The fourth-order valence-corrected chi connectivity index (χ4v) is 2.72. The summed E-state index contributed by atoms with van der Waals surface area (Å²) in [5, 5.41) is 10.6. The van der Waals surface area contributed by atoms with E-state index in [4.69, 9.17) is 4.74 Å². The van der Waals surface area contributed by atoms with E-state index in [2.05, 4.69) is 26.8 Å². The molecule has 2 aromatic rings. The number of rotatable bonds is 6. The summed E-state index contributed by atoms with van der Waals surface area (Å²) in [7, 11) is 0. The highest BCUT2D eigenvalue weighted by Crippen LogP contribution is 2.32. The number of carbonyl (C=O) groups is 2. The van der Waals surface area contributed by atoms with Crippen molar-refractivity contribution in [1.82, 2.24) is 10.9 Å². The summed E-state index contributed by atoms with van der Waals surface area (Å²) >= 11 is 3.48. The van der Waals surface area contributed by atoms with E-state index in [0.29, 0.717) is 5.75 Å². The molecular weight excluding hydrogens is 430 g/mol. The zero-order valence-electron chi connectivity index (χ0n) is 15.6. The van der Waals surface area contributed by atoms with Crippen LogP contribution in [0.2, 0.25) is 0 Å². The number of nitro groups is 1. The molecule has 0 aliphatic heterocycles. The SMILES string of the molecule is Cc1cc(OCC(=O)NNC(=O)c2ccc([N+](=O)[O-])cc2)c(C(C)C)cc1Br. The van der Waals surface area contributed by atoms with Gasteiger partial charge < -0.3 is 4.74 Å². The third kappa shape index (κ3) is 5.53. The van der Waals surface area contributed by atoms with Crippen molar-refractivity contribution < 1.29 is 19.2 Å². The maximum atomic E-state index is 12.0. The quantitative estimate of drug-likeness (QED) is 0.516. The molecule has 0 aromatic heterocycles. The lowest BCUT2D eigenvalue weighted by atomic mass is 10.0. The molecule has 28 heavy (non-hydrogen) atoms. The second-order valence-electron chi connectivity index (χ2n) is 6.39. The minimum Gasteiger partial charge on any atom is -0.483 e. The molecule has 0 aliphatic rings. The zero-order valence-corrected chi connectivity index (χ0v) is 17.2. The predicted octanol–water partition coefficient (Wildman–Crippen LogP) is 3.63. The number of aryl methyl sites for hydroxylation is 1. The first-order chi connectivity index (χ1) is 13.2. The van der Waals surface area contributed by atoms with Crippen molar-refractivity contribution >= 4 is 33.4 Å². The average molecular weight is 450 g/mol. The van der Waals surface area contributed by atoms with Crippen LogP contribution in [0, 0.1) is 17.0 Å². The minimum atomic E-state index is -0.592. The smallest absolute Gasteiger partial charge is 0.276 e. The van der Waals surface area contributed by atoms with Crippen LogP contribution in [0.15, 0.2) is 40.9 Å². The average Bonchev–Trinajstić information content (AvgIpc) is 2.66. The van der Waals surface area contributed by atoms with Crippen LogP contribution in [0.1, 0.15) is 41.3 Å². The van der Waals surface area contributed by atoms with Crippen molar-refractivity contribution in [3.05, 3.63) is 67.7 Å². The van der Waals surface area contributed by atoms with E-state index in [1.165, 1.54) is 24.3 Å². The summed E-state index contributed by atoms with van der Waals surface area (Å²) in [5.74, 6) is -0.319. The van der Waals surface area contributed by atoms with E-state index in [1.807, 2.05) is 32.9 Å². The lowest BCUT2D eigenvalue weighted by Crippen LogP contribution is -2.43. The Bertz CT molecular complexity index is 897. The molecule has 0 fully saturated rings. The molecule has 2 N–H and O–H groups in total. The molecule has 0 aliphatic carbocycles. The fourth-order valence-electron chi connectivity index (χ4n) is 2.36. The molecule has 0 saturated heterocycles. The van der Waals surface area contributed by atoms with Gasteiger partial charge in [-0.15, -0.1) is 0 Å². The van der Waals surface area contributed by atoms with Crippen LogP contribution in [-0.2, 0) is 4.79 Å². The summed E-state index contributed by atoms with van der Waals surface area (Å²) in [6.07, 6.45) is 0. The summed E-state index contributed by atoms with van der Waals surface area (Å²) in [6, 6.07) is 8.84. The van der Waals surface area contributed by atoms with Gasteiger partial charge in [-0.05, 0) is 48.2 Å². The zero-order chi connectivity index (χ0) is 20.8. The van der Waals surface area contributed by atoms with Gasteiger partial charge in [0, 0.05) is 22.2 Å². The van der Waals surface area contributed by atoms with Gasteiger partial charge in [-0.3, -0.25) is 30.6 Å². The van der Waals surface area contributed by atoms with Crippen LogP contribution in [0.5, 0.6) is 5.75 Å². The summed E-state index contributed by atoms with van der Waals surface area (Å²) in [4.78, 5) is 34.0. The van der Waals surface area contributed by atoms with Crippen LogP contribution in [0.3, 0.4) is 0 Å². The van der Waals surface area contributed by atoms with Crippen molar-refractivity contribution in [2.24, 2.45) is 0 Å². The number of carbonyl (C=O) groups excluding carboxylic acids is 2. The normalized spacial score (nSPS) is 10.5. The molecule has 9 heteroatoms. The van der Waals surface area contributed by atoms with Gasteiger partial charge in [0.2, 0.25) is 0 Å². The largest absolute Gasteiger partial charge is 0.483 e. The second kappa shape index (κ2) is 9.32. The highest BCUT2D eigenvalue weighted by atomic mass is 79.9. The van der Waals surface area contributed by atoms with E-state index in [9.17, 15) is 19.7 Å². The first-order valence-corrected chi connectivity index (χ1v) is 9.24. The molecule has 0 saturated carbocycles. The van der Waals surface area contributed by atoms with Crippen molar-refractivity contribution in [3.8, 4) is 5.75 Å². The molecule has 0 spiro atoms. The Labute approximate surface area is 170 Å². The first kappa shape index (κ1) is 21.4. The van der Waals surface area contributed by atoms with Crippen LogP contribution < -0.4 is 15.6 Å². The summed E-state index contributed by atoms with van der Waals surface area (Å²) < 4.78 is 6.58. The standard InChI is InChI=1S/C19H20BrN3O5/c1-11(2)15-9-16(20)12(3)8-17(15)28-10-18(24)21-22-19(25)13-4-6-14(7-5-13)23(26)27/h4-9,11H,10H2,1-3H3,(H,21,24)(H,22,25). The highest BCUT2D eigenvalue weighted by Gasteiger charge is 2.14. The number of non-ortho nitro benzene ring substituents is 1. The Morgan fingerprint density at radius 1 is 1.18 bits per heavy atom. The van der Waals surface area contributed by atoms with Crippen LogP contribution in [-0.4, -0.2) is 23.3 Å². The van der Waals surface area contributed by atoms with E-state index in [-0.39, 0.29) is 23.8 Å². The number of benzene rings is 2. The minimum absolute atomic E-state index is 0.125. The van der Waals surface area contributed by atoms with E-state index < -0.39 is 16.7 Å². The number of ether oxygens (including phenoxy) is 1. The third-order valence-electron chi connectivity index (χ3n) is 3.93. The van der Waals surface area contributed by atoms with Gasteiger partial charge in [-0.1, -0.05) is 29.8 Å². The number of halogens is 1. The first-order valence-electron chi connectivity index (χ1n) is 8.45. The molecule has 0 atom stereocenters. The molecule has 0 bridgehead atoms. The topological polar surface area (TPSA) is 111 Å². The van der Waals surface area contributed by atoms with Gasteiger partial charge in [-0.25, -0.2) is 0 Å². The Morgan fingerprint density at radius 2 is 1.82 bits per heavy atom. The van der Waals surface area contributed by atoms with E-state index in [0.717, 1.165) is 15.6 Å². The lowest BCUT2D eigenvalue weighted by Gasteiger charge is -2.16. The second-order valence-corrected chi connectivity index (χ2v) is 7.24. The maximum absolute atomic E-state index is 12.0. The predicted molar refractivity (Wildman–Crippen MR) is 107 cm³/mol. The number of hydrogen-bond acceptors (Lipinski definition) is 5. The Morgan fingerprint density at radius 3 is 2.39 bits per heavy atom. The lowest BCUT2D eigenvalue weighted by molar-refractivity contribution is -0.384. The number of nitro benzene ring substituents is 1. The van der Waals surface area contributed by atoms with Crippen molar-refractivity contribution in [2.75, 3.05) is 6.61 Å². The van der Waals surface area contributed by atoms with Gasteiger partial charge in [0.1, 0.15) is 5.75 Å². The van der Waals surface area contributed by atoms with Gasteiger partial charge in [0.05, 0.1) is 4.92 Å². The van der Waals surface area contributed by atoms with Gasteiger partial charge in [0.25, 0.3) is 17.5 Å². The third-order valence-corrected chi connectivity index (χ3v) is 4.78. The molecule has 148 valence electrons. The van der Waals surface area contributed by atoms with Gasteiger partial charge in [0.15, 0.2) is 6.61 Å². The molecule has 2 amide bonds. The molecule has 2 rings (SSSR count). The highest BCUT2D eigenvalue weighted by molar-refractivity contribution is 9.10. The Hall–Kier alpha value is -2.94. The van der Waals surface area contributed by atoms with Gasteiger partial charge in [-0.2, -0.15) is 0 Å². The van der Waals surface area contributed by atoms with Crippen LogP contribution in [0.25, 0.3) is 0 Å². The molecule has 0 radical (unpaired) electrons. The van der Waals surface area contributed by atoms with E-state index in [1.54, 1.807) is 0 Å².